The van der Waals surface area contributed by atoms with Crippen LogP contribution in [0.4, 0.5) is 5.00 Å². The van der Waals surface area contributed by atoms with Crippen molar-refractivity contribution < 1.29 is 4.79 Å². The van der Waals surface area contributed by atoms with Gasteiger partial charge in [-0.3, -0.25) is 9.79 Å². The molecule has 24 heavy (non-hydrogen) atoms. The lowest BCUT2D eigenvalue weighted by Gasteiger charge is -2.21. The predicted molar refractivity (Wildman–Crippen MR) is 104 cm³/mol. The average molecular weight is 381 g/mol. The van der Waals surface area contributed by atoms with Crippen LogP contribution in [0.5, 0.6) is 0 Å². The number of hydrogen-bond donors (Lipinski definition) is 1. The highest BCUT2D eigenvalue weighted by atomic mass is 32.2. The van der Waals surface area contributed by atoms with Crippen LogP contribution in [-0.4, -0.2) is 46.3 Å². The van der Waals surface area contributed by atoms with Gasteiger partial charge in [0, 0.05) is 23.7 Å². The van der Waals surface area contributed by atoms with Crippen molar-refractivity contribution in [2.75, 3.05) is 31.2 Å². The Labute approximate surface area is 154 Å². The fourth-order valence-corrected chi connectivity index (χ4v) is 6.19. The molecular formula is C16H20N4OS3. The highest BCUT2D eigenvalue weighted by Crippen LogP contribution is 2.37. The van der Waals surface area contributed by atoms with Gasteiger partial charge in [0.15, 0.2) is 0 Å². The summed E-state index contributed by atoms with van der Waals surface area (Å²) in [7, 11) is 2.08. The van der Waals surface area contributed by atoms with Crippen molar-refractivity contribution in [1.29, 1.82) is 5.26 Å². The number of nitrogens with one attached hydrogen (secondary N) is 1. The molecule has 0 radical (unpaired) electrons. The van der Waals surface area contributed by atoms with Gasteiger partial charge in [0.05, 0.1) is 17.4 Å². The minimum absolute atomic E-state index is 0.0267. The van der Waals surface area contributed by atoms with E-state index in [2.05, 4.69) is 28.3 Å². The van der Waals surface area contributed by atoms with Crippen molar-refractivity contribution in [1.82, 2.24) is 4.90 Å². The van der Waals surface area contributed by atoms with Crippen LogP contribution in [0.15, 0.2) is 4.99 Å². The third-order valence-corrected chi connectivity index (χ3v) is 7.76. The SMILES string of the molecule is CCC(SC1=NCCS1)C(=O)Nc1sc2c(c1C#N)CCN(C)C2. The molecule has 0 bridgehead atoms. The number of rotatable bonds is 4. The normalized spacial score (nSPS) is 18.6. The average Bonchev–Trinajstić information content (AvgIpc) is 3.18. The zero-order valence-corrected chi connectivity index (χ0v) is 16.2. The first-order chi connectivity index (χ1) is 11.6. The molecule has 0 spiro atoms. The number of carbonyl (C=O) groups excluding carboxylic acids is 1. The Bertz CT molecular complexity index is 707. The Balaban J connectivity index is 1.75. The quantitative estimate of drug-likeness (QED) is 0.869. The monoisotopic (exact) mass is 380 g/mol. The number of fused-ring (bicyclic) bond motifs is 1. The van der Waals surface area contributed by atoms with Crippen molar-refractivity contribution in [3.8, 4) is 6.07 Å². The molecular weight excluding hydrogens is 360 g/mol. The molecule has 1 N–H and O–H groups in total. The smallest absolute Gasteiger partial charge is 0.238 e. The highest BCUT2D eigenvalue weighted by molar-refractivity contribution is 8.39. The van der Waals surface area contributed by atoms with Crippen LogP contribution in [0.1, 0.15) is 29.3 Å². The second-order valence-electron chi connectivity index (χ2n) is 5.81. The molecule has 1 aromatic heterocycles. The van der Waals surface area contributed by atoms with Gasteiger partial charge in [0.25, 0.3) is 0 Å². The van der Waals surface area contributed by atoms with Gasteiger partial charge in [0.1, 0.15) is 15.4 Å². The Hall–Kier alpha value is -1.01. The molecule has 0 aliphatic carbocycles. The third kappa shape index (κ3) is 3.80. The van der Waals surface area contributed by atoms with Gasteiger partial charge in [0.2, 0.25) is 5.91 Å². The van der Waals surface area contributed by atoms with Crippen LogP contribution >= 0.6 is 34.9 Å². The van der Waals surface area contributed by atoms with Gasteiger partial charge in [-0.2, -0.15) is 5.26 Å². The van der Waals surface area contributed by atoms with Crippen LogP contribution in [-0.2, 0) is 17.8 Å². The lowest BCUT2D eigenvalue weighted by Crippen LogP contribution is -2.26. The number of thiophene rings is 1. The second kappa shape index (κ2) is 7.91. The summed E-state index contributed by atoms with van der Waals surface area (Å²) in [6.07, 6.45) is 1.62. The first-order valence-electron chi connectivity index (χ1n) is 8.00. The minimum Gasteiger partial charge on any atom is -0.316 e. The number of nitrogens with zero attached hydrogens (tertiary/aromatic N) is 3. The van der Waals surface area contributed by atoms with Crippen molar-refractivity contribution in [3.05, 3.63) is 16.0 Å². The first kappa shape index (κ1) is 17.8. The minimum atomic E-state index is -0.164. The fraction of sp³-hybridized carbons (Fsp3) is 0.562. The number of nitriles is 1. The van der Waals surface area contributed by atoms with Crippen molar-refractivity contribution in [2.24, 2.45) is 4.99 Å². The highest BCUT2D eigenvalue weighted by Gasteiger charge is 2.27. The first-order valence-corrected chi connectivity index (χ1v) is 10.7. The van der Waals surface area contributed by atoms with Crippen molar-refractivity contribution in [3.63, 3.8) is 0 Å². The Morgan fingerprint density at radius 1 is 1.58 bits per heavy atom. The predicted octanol–water partition coefficient (Wildman–Crippen LogP) is 3.16. The maximum Gasteiger partial charge on any atom is 0.238 e. The molecule has 8 heteroatoms. The molecule has 1 aromatic rings. The number of aliphatic imine (C=N–C) groups is 1. The molecule has 2 aliphatic heterocycles. The molecule has 1 atom stereocenters. The fourth-order valence-electron chi connectivity index (χ4n) is 2.76. The largest absolute Gasteiger partial charge is 0.316 e. The van der Waals surface area contributed by atoms with E-state index >= 15 is 0 Å². The molecule has 1 amide bonds. The number of hydrogen-bond acceptors (Lipinski definition) is 7. The lowest BCUT2D eigenvalue weighted by atomic mass is 10.0. The van der Waals surface area contributed by atoms with Crippen molar-refractivity contribution >= 4 is 50.1 Å². The van der Waals surface area contributed by atoms with E-state index in [1.165, 1.54) is 4.88 Å². The summed E-state index contributed by atoms with van der Waals surface area (Å²) in [5.41, 5.74) is 1.77. The maximum atomic E-state index is 12.7. The van der Waals surface area contributed by atoms with E-state index < -0.39 is 0 Å². The molecule has 5 nitrogen and oxygen atoms in total. The van der Waals surface area contributed by atoms with E-state index in [1.54, 1.807) is 34.9 Å². The molecule has 3 rings (SSSR count). The molecule has 2 aliphatic rings. The van der Waals surface area contributed by atoms with Gasteiger partial charge in [-0.25, -0.2) is 0 Å². The lowest BCUT2D eigenvalue weighted by molar-refractivity contribution is -0.115. The van der Waals surface area contributed by atoms with E-state index in [9.17, 15) is 10.1 Å². The van der Waals surface area contributed by atoms with Crippen LogP contribution in [0.3, 0.4) is 0 Å². The summed E-state index contributed by atoms with van der Waals surface area (Å²) in [4.78, 5) is 20.5. The van der Waals surface area contributed by atoms with Gasteiger partial charge in [-0.1, -0.05) is 30.4 Å². The van der Waals surface area contributed by atoms with Gasteiger partial charge in [-0.05, 0) is 25.5 Å². The maximum absolute atomic E-state index is 12.7. The van der Waals surface area contributed by atoms with Crippen LogP contribution in [0.2, 0.25) is 0 Å². The molecule has 0 saturated carbocycles. The van der Waals surface area contributed by atoms with E-state index in [4.69, 9.17) is 0 Å². The Morgan fingerprint density at radius 2 is 2.42 bits per heavy atom. The zero-order valence-electron chi connectivity index (χ0n) is 13.8. The van der Waals surface area contributed by atoms with E-state index in [1.807, 2.05) is 6.92 Å². The molecule has 0 aromatic carbocycles. The van der Waals surface area contributed by atoms with Gasteiger partial charge >= 0.3 is 0 Å². The molecule has 128 valence electrons. The van der Waals surface area contributed by atoms with Crippen molar-refractivity contribution in [2.45, 2.75) is 31.6 Å². The molecule has 3 heterocycles. The molecule has 0 fully saturated rings. The third-order valence-electron chi connectivity index (χ3n) is 4.06. The summed E-state index contributed by atoms with van der Waals surface area (Å²) in [6.45, 7) is 4.66. The standard InChI is InChI=1S/C16H20N4OS3/c1-3-12(24-16-18-5-7-22-16)14(21)19-15-11(8-17)10-4-6-20(2)9-13(10)23-15/h12H,3-7,9H2,1-2H3,(H,19,21). The number of thioether (sulfide) groups is 2. The van der Waals surface area contributed by atoms with Crippen LogP contribution < -0.4 is 5.32 Å². The topological polar surface area (TPSA) is 68.5 Å². The second-order valence-corrected chi connectivity index (χ2v) is 9.45. The van der Waals surface area contributed by atoms with E-state index in [0.29, 0.717) is 10.6 Å². The summed E-state index contributed by atoms with van der Waals surface area (Å²) in [5.74, 6) is 0.977. The van der Waals surface area contributed by atoms with E-state index in [0.717, 1.165) is 48.2 Å². The van der Waals surface area contributed by atoms with E-state index in [-0.39, 0.29) is 11.2 Å². The number of amides is 1. The zero-order chi connectivity index (χ0) is 17.1. The number of carbonyl (C=O) groups is 1. The summed E-state index contributed by atoms with van der Waals surface area (Å²) in [6, 6.07) is 2.30. The van der Waals surface area contributed by atoms with Gasteiger partial charge in [-0.15, -0.1) is 11.3 Å². The number of likely N-dealkylation sites (N-methyl/N-ethyl adjacent to an activating group) is 1. The summed E-state index contributed by atoms with van der Waals surface area (Å²) >= 11 is 4.81. The molecule has 1 unspecified atom stereocenters. The number of anilines is 1. The Kier molecular flexibility index (Phi) is 5.87. The molecule has 0 saturated heterocycles. The van der Waals surface area contributed by atoms with Gasteiger partial charge < -0.3 is 10.2 Å². The van der Waals surface area contributed by atoms with Crippen LogP contribution in [0.25, 0.3) is 0 Å². The summed E-state index contributed by atoms with van der Waals surface area (Å²) in [5, 5.41) is 13.1. The van der Waals surface area contributed by atoms with Crippen LogP contribution in [0, 0.1) is 11.3 Å². The Morgan fingerprint density at radius 3 is 3.08 bits per heavy atom. The summed E-state index contributed by atoms with van der Waals surface area (Å²) < 4.78 is 1.00.